The van der Waals surface area contributed by atoms with Crippen LogP contribution in [0.3, 0.4) is 0 Å². The number of nitrogens with one attached hydrogen (secondary N) is 1. The van der Waals surface area contributed by atoms with Gasteiger partial charge >= 0.3 is 5.97 Å². The van der Waals surface area contributed by atoms with E-state index in [0.29, 0.717) is 40.9 Å². The van der Waals surface area contributed by atoms with Gasteiger partial charge in [0.05, 0.1) is 29.0 Å². The lowest BCUT2D eigenvalue weighted by molar-refractivity contribution is -0.118. The molecule has 1 heterocycles. The Balaban J connectivity index is 1.64. The molecule has 0 aliphatic rings. The molecule has 0 unspecified atom stereocenters. The molecule has 0 saturated heterocycles. The number of aromatic nitrogens is 1. The molecule has 7 nitrogen and oxygen atoms in total. The summed E-state index contributed by atoms with van der Waals surface area (Å²) in [5.74, 6) is 0.368. The predicted molar refractivity (Wildman–Crippen MR) is 107 cm³/mol. The highest BCUT2D eigenvalue weighted by atomic mass is 32.1. The minimum absolute atomic E-state index is 0.173. The second-order valence-electron chi connectivity index (χ2n) is 5.64. The van der Waals surface area contributed by atoms with Crippen LogP contribution in [0.2, 0.25) is 0 Å². The predicted octanol–water partition coefficient (Wildman–Crippen LogP) is 3.89. The summed E-state index contributed by atoms with van der Waals surface area (Å²) < 4.78 is 16.8. The summed E-state index contributed by atoms with van der Waals surface area (Å²) in [6, 6.07) is 12.3. The van der Waals surface area contributed by atoms with E-state index in [-0.39, 0.29) is 18.5 Å². The average molecular weight is 400 g/mol. The number of anilines is 1. The molecule has 0 radical (unpaired) electrons. The average Bonchev–Trinajstić information content (AvgIpc) is 3.09. The maximum absolute atomic E-state index is 12.2. The van der Waals surface area contributed by atoms with Crippen LogP contribution in [0.25, 0.3) is 10.2 Å². The summed E-state index contributed by atoms with van der Waals surface area (Å²) in [5, 5.41) is 3.15. The Hall–Kier alpha value is -3.13. The van der Waals surface area contributed by atoms with Crippen LogP contribution in [-0.4, -0.2) is 36.7 Å². The van der Waals surface area contributed by atoms with E-state index in [2.05, 4.69) is 10.3 Å². The van der Waals surface area contributed by atoms with Gasteiger partial charge in [0.1, 0.15) is 0 Å². The first-order valence-electron chi connectivity index (χ1n) is 8.83. The molecule has 0 fully saturated rings. The van der Waals surface area contributed by atoms with Crippen molar-refractivity contribution in [1.82, 2.24) is 4.98 Å². The number of rotatable bonds is 8. The molecular weight excluding hydrogens is 380 g/mol. The van der Waals surface area contributed by atoms with Gasteiger partial charge in [-0.2, -0.15) is 0 Å². The van der Waals surface area contributed by atoms with Crippen LogP contribution in [0.1, 0.15) is 24.2 Å². The quantitative estimate of drug-likeness (QED) is 0.577. The van der Waals surface area contributed by atoms with Gasteiger partial charge in [0, 0.05) is 0 Å². The number of benzene rings is 2. The second kappa shape index (κ2) is 9.18. The van der Waals surface area contributed by atoms with Crippen molar-refractivity contribution in [1.29, 1.82) is 0 Å². The number of thiazole rings is 1. The molecule has 146 valence electrons. The number of esters is 1. The number of hydrogen-bond acceptors (Lipinski definition) is 7. The van der Waals surface area contributed by atoms with Gasteiger partial charge in [-0.15, -0.1) is 0 Å². The largest absolute Gasteiger partial charge is 0.490 e. The molecule has 3 rings (SSSR count). The van der Waals surface area contributed by atoms with Crippen LogP contribution >= 0.6 is 11.3 Å². The van der Waals surface area contributed by atoms with Gasteiger partial charge in [-0.1, -0.05) is 23.5 Å². The molecule has 1 amide bonds. The van der Waals surface area contributed by atoms with E-state index < -0.39 is 0 Å². The summed E-state index contributed by atoms with van der Waals surface area (Å²) in [6.07, 6.45) is 0. The van der Waals surface area contributed by atoms with Crippen molar-refractivity contribution in [2.45, 2.75) is 13.8 Å². The van der Waals surface area contributed by atoms with Crippen molar-refractivity contribution in [2.24, 2.45) is 0 Å². The third-order valence-corrected chi connectivity index (χ3v) is 4.59. The van der Waals surface area contributed by atoms with Crippen molar-refractivity contribution >= 4 is 38.6 Å². The fourth-order valence-electron chi connectivity index (χ4n) is 2.46. The van der Waals surface area contributed by atoms with Gasteiger partial charge in [0.15, 0.2) is 23.2 Å². The summed E-state index contributed by atoms with van der Waals surface area (Å²) in [7, 11) is 0. The smallest absolute Gasteiger partial charge is 0.338 e. The number of ether oxygens (including phenoxy) is 3. The summed E-state index contributed by atoms with van der Waals surface area (Å²) in [4.78, 5) is 28.4. The Morgan fingerprint density at radius 1 is 1.04 bits per heavy atom. The van der Waals surface area contributed by atoms with Gasteiger partial charge < -0.3 is 14.2 Å². The summed E-state index contributed by atoms with van der Waals surface area (Å²) in [6.45, 7) is 4.28. The summed E-state index contributed by atoms with van der Waals surface area (Å²) >= 11 is 1.28. The molecular formula is C20H20N2O5S. The van der Waals surface area contributed by atoms with Crippen molar-refractivity contribution in [3.8, 4) is 11.5 Å². The Labute approximate surface area is 166 Å². The number of hydrogen-bond donors (Lipinski definition) is 1. The first kappa shape index (κ1) is 19.6. The Kier molecular flexibility index (Phi) is 6.44. The Morgan fingerprint density at radius 2 is 1.79 bits per heavy atom. The topological polar surface area (TPSA) is 86.8 Å². The van der Waals surface area contributed by atoms with Gasteiger partial charge in [0.2, 0.25) is 0 Å². The van der Waals surface area contributed by atoms with E-state index in [1.807, 2.05) is 19.1 Å². The number of carbonyl (C=O) groups is 2. The van der Waals surface area contributed by atoms with E-state index in [4.69, 9.17) is 14.2 Å². The van der Waals surface area contributed by atoms with Crippen LogP contribution in [0.15, 0.2) is 42.5 Å². The Morgan fingerprint density at radius 3 is 2.50 bits per heavy atom. The highest BCUT2D eigenvalue weighted by molar-refractivity contribution is 7.22. The third-order valence-electron chi connectivity index (χ3n) is 3.65. The molecule has 0 aliphatic heterocycles. The van der Waals surface area contributed by atoms with Gasteiger partial charge in [-0.25, -0.2) is 9.78 Å². The van der Waals surface area contributed by atoms with Crippen LogP contribution in [0, 0.1) is 0 Å². The zero-order valence-electron chi connectivity index (χ0n) is 15.6. The molecule has 0 atom stereocenters. The van der Waals surface area contributed by atoms with Crippen LogP contribution < -0.4 is 14.8 Å². The molecule has 2 aromatic carbocycles. The zero-order valence-corrected chi connectivity index (χ0v) is 16.4. The molecule has 1 aromatic heterocycles. The fourth-order valence-corrected chi connectivity index (χ4v) is 3.38. The molecule has 1 N–H and O–H groups in total. The minimum Gasteiger partial charge on any atom is -0.490 e. The lowest BCUT2D eigenvalue weighted by atomic mass is 10.2. The molecule has 0 spiro atoms. The lowest BCUT2D eigenvalue weighted by Gasteiger charge is -2.10. The number of nitrogens with zero attached hydrogens (tertiary/aromatic N) is 1. The highest BCUT2D eigenvalue weighted by Gasteiger charge is 2.13. The molecule has 28 heavy (non-hydrogen) atoms. The number of para-hydroxylation sites is 2. The maximum Gasteiger partial charge on any atom is 0.338 e. The molecule has 8 heteroatoms. The van der Waals surface area contributed by atoms with E-state index >= 15 is 0 Å². The molecule has 0 saturated carbocycles. The van der Waals surface area contributed by atoms with Crippen molar-refractivity contribution in [3.63, 3.8) is 0 Å². The normalized spacial score (nSPS) is 10.5. The standard InChI is InChI=1S/C20H20N2O5S/c1-3-25-15-7-5-6-8-16(15)27-12-18(23)22-20-21-14-10-9-13(11-17(14)28-20)19(24)26-4-2/h5-11H,3-4,12H2,1-2H3,(H,21,22,23). The number of fused-ring (bicyclic) bond motifs is 1. The minimum atomic E-state index is -0.384. The van der Waals surface area contributed by atoms with E-state index in [9.17, 15) is 9.59 Å². The summed E-state index contributed by atoms with van der Waals surface area (Å²) in [5.41, 5.74) is 1.14. The van der Waals surface area contributed by atoms with Crippen molar-refractivity contribution < 1.29 is 23.8 Å². The van der Waals surface area contributed by atoms with Gasteiger partial charge in [-0.05, 0) is 44.2 Å². The molecule has 3 aromatic rings. The van der Waals surface area contributed by atoms with Crippen molar-refractivity contribution in [2.75, 3.05) is 25.1 Å². The first-order valence-corrected chi connectivity index (χ1v) is 9.64. The van der Waals surface area contributed by atoms with Gasteiger partial charge in [0.25, 0.3) is 5.91 Å². The molecule has 0 bridgehead atoms. The maximum atomic E-state index is 12.2. The second-order valence-corrected chi connectivity index (χ2v) is 6.67. The van der Waals surface area contributed by atoms with Crippen LogP contribution in [-0.2, 0) is 9.53 Å². The van der Waals surface area contributed by atoms with E-state index in [1.54, 1.807) is 37.3 Å². The number of amides is 1. The SMILES string of the molecule is CCOC(=O)c1ccc2nc(NC(=O)COc3ccccc3OCC)sc2c1. The van der Waals surface area contributed by atoms with E-state index in [0.717, 1.165) is 4.70 Å². The third kappa shape index (κ3) is 4.77. The first-order chi connectivity index (χ1) is 13.6. The van der Waals surface area contributed by atoms with Crippen LogP contribution in [0.4, 0.5) is 5.13 Å². The van der Waals surface area contributed by atoms with Gasteiger partial charge in [-0.3, -0.25) is 10.1 Å². The number of carbonyl (C=O) groups excluding carboxylic acids is 2. The monoisotopic (exact) mass is 400 g/mol. The molecule has 0 aliphatic carbocycles. The van der Waals surface area contributed by atoms with Crippen molar-refractivity contribution in [3.05, 3.63) is 48.0 Å². The lowest BCUT2D eigenvalue weighted by Crippen LogP contribution is -2.20. The zero-order chi connectivity index (χ0) is 19.9. The highest BCUT2D eigenvalue weighted by Crippen LogP contribution is 2.28. The van der Waals surface area contributed by atoms with E-state index in [1.165, 1.54) is 11.3 Å². The van der Waals surface area contributed by atoms with Crippen LogP contribution in [0.5, 0.6) is 11.5 Å². The fraction of sp³-hybridized carbons (Fsp3) is 0.250. The Bertz CT molecular complexity index is 986.